The van der Waals surface area contributed by atoms with Crippen molar-refractivity contribution in [2.24, 2.45) is 5.73 Å². The van der Waals surface area contributed by atoms with E-state index >= 15 is 0 Å². The highest BCUT2D eigenvalue weighted by Gasteiger charge is 2.21. The van der Waals surface area contributed by atoms with Gasteiger partial charge in [0.15, 0.2) is 0 Å². The summed E-state index contributed by atoms with van der Waals surface area (Å²) in [7, 11) is -3.50. The number of hydrogen-bond donors (Lipinski definition) is 2. The molecule has 1 fully saturated rings. The summed E-state index contributed by atoms with van der Waals surface area (Å²) in [5.74, 6) is -0.566. The lowest BCUT2D eigenvalue weighted by atomic mass is 9.96. The van der Waals surface area contributed by atoms with E-state index in [4.69, 9.17) is 5.73 Å². The van der Waals surface area contributed by atoms with Crippen molar-refractivity contribution in [3.05, 3.63) is 29.8 Å². The Morgan fingerprint density at radius 1 is 1.11 bits per heavy atom. The van der Waals surface area contributed by atoms with Crippen molar-refractivity contribution in [2.45, 2.75) is 43.0 Å². The number of nitrogens with two attached hydrogens (primary N) is 1. The fourth-order valence-corrected chi connectivity index (χ4v) is 3.61. The molecule has 1 saturated carbocycles. The molecule has 0 saturated heterocycles. The third-order valence-corrected chi connectivity index (χ3v) is 4.91. The topological polar surface area (TPSA) is 89.3 Å². The molecule has 3 N–H and O–H groups in total. The molecule has 1 aliphatic rings. The smallest absolute Gasteiger partial charge is 0.248 e. The van der Waals surface area contributed by atoms with Gasteiger partial charge in [-0.15, -0.1) is 0 Å². The van der Waals surface area contributed by atoms with Crippen LogP contribution in [0.25, 0.3) is 0 Å². The molecule has 6 heteroatoms. The quantitative estimate of drug-likeness (QED) is 0.874. The third-order valence-electron chi connectivity index (χ3n) is 3.38. The highest BCUT2D eigenvalue weighted by atomic mass is 32.2. The maximum Gasteiger partial charge on any atom is 0.248 e. The van der Waals surface area contributed by atoms with Gasteiger partial charge in [0, 0.05) is 11.6 Å². The number of rotatable bonds is 4. The fourth-order valence-electron chi connectivity index (χ4n) is 2.31. The predicted octanol–water partition coefficient (Wildman–Crippen LogP) is 1.40. The maximum atomic E-state index is 12.2. The van der Waals surface area contributed by atoms with Crippen molar-refractivity contribution in [3.8, 4) is 0 Å². The summed E-state index contributed by atoms with van der Waals surface area (Å²) in [4.78, 5) is 11.1. The summed E-state index contributed by atoms with van der Waals surface area (Å²) in [6.07, 6.45) is 5.07. The zero-order valence-corrected chi connectivity index (χ0v) is 11.4. The van der Waals surface area contributed by atoms with Gasteiger partial charge < -0.3 is 5.73 Å². The normalized spacial score (nSPS) is 17.3. The van der Waals surface area contributed by atoms with Crippen LogP contribution in [0.2, 0.25) is 0 Å². The predicted molar refractivity (Wildman–Crippen MR) is 72.2 cm³/mol. The van der Waals surface area contributed by atoms with Crippen LogP contribution in [0.4, 0.5) is 0 Å². The molecule has 0 heterocycles. The van der Waals surface area contributed by atoms with Gasteiger partial charge in [-0.2, -0.15) is 0 Å². The van der Waals surface area contributed by atoms with Crippen LogP contribution in [0.3, 0.4) is 0 Å². The van der Waals surface area contributed by atoms with E-state index in [0.717, 1.165) is 25.7 Å². The number of amides is 1. The van der Waals surface area contributed by atoms with Crippen LogP contribution in [-0.2, 0) is 10.0 Å². The van der Waals surface area contributed by atoms with Gasteiger partial charge in [0.05, 0.1) is 4.90 Å². The number of hydrogen-bond acceptors (Lipinski definition) is 3. The molecule has 5 nitrogen and oxygen atoms in total. The first-order chi connectivity index (χ1) is 8.99. The number of carbonyl (C=O) groups is 1. The first-order valence-corrected chi connectivity index (χ1v) is 7.89. The van der Waals surface area contributed by atoms with Crippen LogP contribution >= 0.6 is 0 Å². The largest absolute Gasteiger partial charge is 0.366 e. The summed E-state index contributed by atoms with van der Waals surface area (Å²) >= 11 is 0. The third kappa shape index (κ3) is 3.54. The molecular formula is C13H18N2O3S. The molecule has 1 aromatic rings. The van der Waals surface area contributed by atoms with Crippen LogP contribution in [0.1, 0.15) is 42.5 Å². The number of primary amides is 1. The Morgan fingerprint density at radius 2 is 1.68 bits per heavy atom. The Bertz CT molecular complexity index is 546. The molecule has 1 aliphatic carbocycles. The second-order valence-corrected chi connectivity index (χ2v) is 6.56. The Balaban J connectivity index is 2.12. The van der Waals surface area contributed by atoms with Crippen molar-refractivity contribution in [1.29, 1.82) is 0 Å². The summed E-state index contributed by atoms with van der Waals surface area (Å²) in [6, 6.07) is 5.70. The highest BCUT2D eigenvalue weighted by molar-refractivity contribution is 7.89. The lowest BCUT2D eigenvalue weighted by Crippen LogP contribution is -2.36. The van der Waals surface area contributed by atoms with E-state index in [1.54, 1.807) is 0 Å². The Morgan fingerprint density at radius 3 is 2.21 bits per heavy atom. The standard InChI is InChI=1S/C13H18N2O3S/c14-13(16)10-6-8-12(9-7-10)19(17,18)15-11-4-2-1-3-5-11/h6-9,11,15H,1-5H2,(H2,14,16). The Hall–Kier alpha value is -1.40. The van der Waals surface area contributed by atoms with Crippen molar-refractivity contribution >= 4 is 15.9 Å². The summed E-state index contributed by atoms with van der Waals surface area (Å²) in [5.41, 5.74) is 5.42. The maximum absolute atomic E-state index is 12.2. The molecule has 0 unspecified atom stereocenters. The zero-order valence-electron chi connectivity index (χ0n) is 10.6. The van der Waals surface area contributed by atoms with Crippen LogP contribution < -0.4 is 10.5 Å². The lowest BCUT2D eigenvalue weighted by Gasteiger charge is -2.22. The molecular weight excluding hydrogens is 264 g/mol. The van der Waals surface area contributed by atoms with E-state index in [-0.39, 0.29) is 10.9 Å². The van der Waals surface area contributed by atoms with E-state index < -0.39 is 15.9 Å². The van der Waals surface area contributed by atoms with E-state index in [1.807, 2.05) is 0 Å². The zero-order chi connectivity index (χ0) is 13.9. The molecule has 2 rings (SSSR count). The highest BCUT2D eigenvalue weighted by Crippen LogP contribution is 2.20. The fraction of sp³-hybridized carbons (Fsp3) is 0.462. The molecule has 1 amide bonds. The Labute approximate surface area is 113 Å². The molecule has 0 atom stereocenters. The first-order valence-electron chi connectivity index (χ1n) is 6.41. The monoisotopic (exact) mass is 282 g/mol. The van der Waals surface area contributed by atoms with Crippen LogP contribution in [-0.4, -0.2) is 20.4 Å². The lowest BCUT2D eigenvalue weighted by molar-refractivity contribution is 0.1000. The van der Waals surface area contributed by atoms with Crippen LogP contribution in [0, 0.1) is 0 Å². The minimum atomic E-state index is -3.50. The summed E-state index contributed by atoms with van der Waals surface area (Å²) in [6.45, 7) is 0. The molecule has 104 valence electrons. The Kier molecular flexibility index (Phi) is 4.21. The van der Waals surface area contributed by atoms with Gasteiger partial charge in [-0.25, -0.2) is 13.1 Å². The first kappa shape index (κ1) is 14.0. The molecule has 0 bridgehead atoms. The van der Waals surface area contributed by atoms with Gasteiger partial charge in [0.25, 0.3) is 0 Å². The van der Waals surface area contributed by atoms with Crippen molar-refractivity contribution in [3.63, 3.8) is 0 Å². The second-order valence-electron chi connectivity index (χ2n) is 4.84. The minimum absolute atomic E-state index is 0.0227. The summed E-state index contributed by atoms with van der Waals surface area (Å²) in [5, 5.41) is 0. The number of sulfonamides is 1. The molecule has 1 aromatic carbocycles. The van der Waals surface area contributed by atoms with E-state index in [9.17, 15) is 13.2 Å². The average Bonchev–Trinajstić information content (AvgIpc) is 2.39. The van der Waals surface area contributed by atoms with Gasteiger partial charge in [-0.1, -0.05) is 19.3 Å². The second kappa shape index (κ2) is 5.71. The van der Waals surface area contributed by atoms with E-state index in [0.29, 0.717) is 5.56 Å². The van der Waals surface area contributed by atoms with Gasteiger partial charge >= 0.3 is 0 Å². The summed E-state index contributed by atoms with van der Waals surface area (Å²) < 4.78 is 27.0. The van der Waals surface area contributed by atoms with Crippen molar-refractivity contribution < 1.29 is 13.2 Å². The molecule has 0 radical (unpaired) electrons. The minimum Gasteiger partial charge on any atom is -0.366 e. The number of carbonyl (C=O) groups excluding carboxylic acids is 1. The van der Waals surface area contributed by atoms with E-state index in [1.165, 1.54) is 30.7 Å². The van der Waals surface area contributed by atoms with E-state index in [2.05, 4.69) is 4.72 Å². The van der Waals surface area contributed by atoms with Crippen molar-refractivity contribution in [1.82, 2.24) is 4.72 Å². The number of nitrogens with one attached hydrogen (secondary N) is 1. The molecule has 0 aliphatic heterocycles. The van der Waals surface area contributed by atoms with Gasteiger partial charge in [-0.05, 0) is 37.1 Å². The van der Waals surface area contributed by atoms with Gasteiger partial charge in [0.2, 0.25) is 15.9 Å². The van der Waals surface area contributed by atoms with Gasteiger partial charge in [0.1, 0.15) is 0 Å². The molecule has 0 aromatic heterocycles. The number of benzene rings is 1. The SMILES string of the molecule is NC(=O)c1ccc(S(=O)(=O)NC2CCCCC2)cc1. The van der Waals surface area contributed by atoms with Crippen molar-refractivity contribution in [2.75, 3.05) is 0 Å². The van der Waals surface area contributed by atoms with Crippen LogP contribution in [0.15, 0.2) is 29.2 Å². The van der Waals surface area contributed by atoms with Crippen LogP contribution in [0.5, 0.6) is 0 Å². The van der Waals surface area contributed by atoms with Gasteiger partial charge in [-0.3, -0.25) is 4.79 Å². The molecule has 0 spiro atoms. The molecule has 19 heavy (non-hydrogen) atoms. The average molecular weight is 282 g/mol.